The zero-order valence-electron chi connectivity index (χ0n) is 9.09. The number of carbonyl (C=O) groups is 2. The first-order chi connectivity index (χ1) is 7.52. The Hall–Kier alpha value is -1.14. The Kier molecular flexibility index (Phi) is 4.70. The van der Waals surface area contributed by atoms with E-state index in [0.717, 1.165) is 0 Å². The minimum atomic E-state index is -1.16. The number of aliphatic hydroxyl groups excluding tert-OH is 1. The number of ether oxygens (including phenoxy) is 2. The third kappa shape index (κ3) is 3.79. The van der Waals surface area contributed by atoms with Crippen LogP contribution in [0.1, 0.15) is 32.6 Å². The molecule has 0 aromatic rings. The van der Waals surface area contributed by atoms with E-state index in [-0.39, 0.29) is 19.3 Å². The number of rotatable bonds is 4. The molecular weight excluding hydrogens is 216 g/mol. The van der Waals surface area contributed by atoms with Crippen LogP contribution in [0.3, 0.4) is 0 Å². The first-order valence-electron chi connectivity index (χ1n) is 5.28. The van der Waals surface area contributed by atoms with Crippen molar-refractivity contribution >= 4 is 11.9 Å². The lowest BCUT2D eigenvalue weighted by Gasteiger charge is -2.30. The maximum absolute atomic E-state index is 11.2. The van der Waals surface area contributed by atoms with Crippen LogP contribution in [-0.4, -0.2) is 40.6 Å². The monoisotopic (exact) mass is 232 g/mol. The molecule has 3 unspecified atom stereocenters. The molecule has 1 saturated heterocycles. The minimum absolute atomic E-state index is 0.0250. The molecule has 0 amide bonds. The number of aliphatic carboxylic acids is 1. The van der Waals surface area contributed by atoms with E-state index in [0.29, 0.717) is 6.42 Å². The van der Waals surface area contributed by atoms with Crippen LogP contribution in [-0.2, 0) is 19.1 Å². The molecule has 3 atom stereocenters. The van der Waals surface area contributed by atoms with Gasteiger partial charge in [-0.25, -0.2) is 4.79 Å². The fourth-order valence-electron chi connectivity index (χ4n) is 1.50. The largest absolute Gasteiger partial charge is 0.479 e. The molecule has 0 bridgehead atoms. The highest BCUT2D eigenvalue weighted by Crippen LogP contribution is 2.21. The molecule has 0 radical (unpaired) electrons. The summed E-state index contributed by atoms with van der Waals surface area (Å²) in [5, 5.41) is 18.1. The second-order valence-electron chi connectivity index (χ2n) is 3.76. The van der Waals surface area contributed by atoms with E-state index in [4.69, 9.17) is 14.6 Å². The first kappa shape index (κ1) is 12.9. The van der Waals surface area contributed by atoms with Crippen LogP contribution < -0.4 is 0 Å². The van der Waals surface area contributed by atoms with Crippen LogP contribution >= 0.6 is 0 Å². The molecule has 0 aromatic heterocycles. The SMILES string of the molecule is CCCC(=O)OC1CC(O)CC(C(=O)O)O1. The van der Waals surface area contributed by atoms with Crippen molar-refractivity contribution in [1.82, 2.24) is 0 Å². The number of hydrogen-bond acceptors (Lipinski definition) is 5. The number of carboxylic acids is 1. The van der Waals surface area contributed by atoms with Crippen molar-refractivity contribution in [3.63, 3.8) is 0 Å². The third-order valence-electron chi connectivity index (χ3n) is 2.26. The predicted octanol–water partition coefficient (Wildman–Crippen LogP) is 0.280. The second kappa shape index (κ2) is 5.81. The van der Waals surface area contributed by atoms with E-state index in [1.165, 1.54) is 0 Å². The molecule has 1 aliphatic rings. The summed E-state index contributed by atoms with van der Waals surface area (Å²) < 4.78 is 9.93. The van der Waals surface area contributed by atoms with E-state index >= 15 is 0 Å². The van der Waals surface area contributed by atoms with Gasteiger partial charge in [-0.3, -0.25) is 4.79 Å². The second-order valence-corrected chi connectivity index (χ2v) is 3.76. The van der Waals surface area contributed by atoms with Gasteiger partial charge in [-0.2, -0.15) is 0 Å². The molecule has 0 aromatic carbocycles. The van der Waals surface area contributed by atoms with Crippen LogP contribution in [0.4, 0.5) is 0 Å². The average molecular weight is 232 g/mol. The van der Waals surface area contributed by atoms with Crippen molar-refractivity contribution in [3.05, 3.63) is 0 Å². The summed E-state index contributed by atoms with van der Waals surface area (Å²) in [6.45, 7) is 1.83. The van der Waals surface area contributed by atoms with Crippen LogP contribution in [0.5, 0.6) is 0 Å². The lowest BCUT2D eigenvalue weighted by Crippen LogP contribution is -2.41. The third-order valence-corrected chi connectivity index (χ3v) is 2.26. The number of carbonyl (C=O) groups excluding carboxylic acids is 1. The Morgan fingerprint density at radius 3 is 2.69 bits per heavy atom. The number of hydrogen-bond donors (Lipinski definition) is 2. The van der Waals surface area contributed by atoms with E-state index in [1.807, 2.05) is 6.92 Å². The Labute approximate surface area is 93.2 Å². The summed E-state index contributed by atoms with van der Waals surface area (Å²) in [6.07, 6.45) is -1.82. The van der Waals surface area contributed by atoms with E-state index in [1.54, 1.807) is 0 Å². The highest BCUT2D eigenvalue weighted by Gasteiger charge is 2.34. The molecule has 1 rings (SSSR count). The minimum Gasteiger partial charge on any atom is -0.479 e. The molecule has 0 saturated carbocycles. The van der Waals surface area contributed by atoms with Crippen molar-refractivity contribution in [2.75, 3.05) is 0 Å². The summed E-state index contributed by atoms with van der Waals surface area (Å²) in [6, 6.07) is 0. The lowest BCUT2D eigenvalue weighted by atomic mass is 10.1. The Balaban J connectivity index is 2.47. The molecule has 6 nitrogen and oxygen atoms in total. The van der Waals surface area contributed by atoms with Gasteiger partial charge in [0.05, 0.1) is 6.10 Å². The number of carboxylic acid groups (broad SMARTS) is 1. The summed E-state index contributed by atoms with van der Waals surface area (Å²) in [5.74, 6) is -1.60. The molecule has 1 aliphatic heterocycles. The van der Waals surface area contributed by atoms with Crippen LogP contribution in [0.2, 0.25) is 0 Å². The van der Waals surface area contributed by atoms with Gasteiger partial charge in [-0.15, -0.1) is 0 Å². The van der Waals surface area contributed by atoms with Gasteiger partial charge >= 0.3 is 11.9 Å². The van der Waals surface area contributed by atoms with Gasteiger partial charge in [0.25, 0.3) is 0 Å². The lowest BCUT2D eigenvalue weighted by molar-refractivity contribution is -0.222. The van der Waals surface area contributed by atoms with Crippen molar-refractivity contribution in [2.24, 2.45) is 0 Å². The van der Waals surface area contributed by atoms with Gasteiger partial charge in [0.15, 0.2) is 6.10 Å². The van der Waals surface area contributed by atoms with Gasteiger partial charge in [-0.1, -0.05) is 6.92 Å². The Morgan fingerprint density at radius 1 is 1.44 bits per heavy atom. The maximum Gasteiger partial charge on any atom is 0.333 e. The van der Waals surface area contributed by atoms with Gasteiger partial charge in [0.2, 0.25) is 6.29 Å². The van der Waals surface area contributed by atoms with Gasteiger partial charge in [0, 0.05) is 19.3 Å². The number of aliphatic hydroxyl groups is 1. The molecule has 0 spiro atoms. The van der Waals surface area contributed by atoms with Crippen LogP contribution in [0.15, 0.2) is 0 Å². The van der Waals surface area contributed by atoms with Gasteiger partial charge < -0.3 is 19.7 Å². The van der Waals surface area contributed by atoms with Gasteiger partial charge in [-0.05, 0) is 6.42 Å². The zero-order chi connectivity index (χ0) is 12.1. The molecular formula is C10H16O6. The van der Waals surface area contributed by atoms with Crippen molar-refractivity contribution in [2.45, 2.75) is 51.1 Å². The van der Waals surface area contributed by atoms with Crippen LogP contribution in [0, 0.1) is 0 Å². The van der Waals surface area contributed by atoms with E-state index < -0.39 is 30.4 Å². The molecule has 2 N–H and O–H groups in total. The zero-order valence-corrected chi connectivity index (χ0v) is 9.09. The summed E-state index contributed by atoms with van der Waals surface area (Å²) in [5.41, 5.74) is 0. The Morgan fingerprint density at radius 2 is 2.12 bits per heavy atom. The highest BCUT2D eigenvalue weighted by molar-refractivity contribution is 5.72. The van der Waals surface area contributed by atoms with E-state index in [2.05, 4.69) is 0 Å². The quantitative estimate of drug-likeness (QED) is 0.676. The van der Waals surface area contributed by atoms with Crippen molar-refractivity contribution in [3.8, 4) is 0 Å². The molecule has 1 fully saturated rings. The average Bonchev–Trinajstić information content (AvgIpc) is 2.16. The van der Waals surface area contributed by atoms with E-state index in [9.17, 15) is 14.7 Å². The van der Waals surface area contributed by atoms with Crippen molar-refractivity contribution < 1.29 is 29.3 Å². The molecule has 0 aliphatic carbocycles. The van der Waals surface area contributed by atoms with Crippen LogP contribution in [0.25, 0.3) is 0 Å². The fourth-order valence-corrected chi connectivity index (χ4v) is 1.50. The number of esters is 1. The molecule has 16 heavy (non-hydrogen) atoms. The predicted molar refractivity (Wildman–Crippen MR) is 52.5 cm³/mol. The fraction of sp³-hybridized carbons (Fsp3) is 0.800. The normalized spacial score (nSPS) is 29.8. The summed E-state index contributed by atoms with van der Waals surface area (Å²) in [4.78, 5) is 21.8. The molecule has 92 valence electrons. The highest BCUT2D eigenvalue weighted by atomic mass is 16.7. The first-order valence-corrected chi connectivity index (χ1v) is 5.28. The maximum atomic E-state index is 11.2. The summed E-state index contributed by atoms with van der Waals surface area (Å²) in [7, 11) is 0. The topological polar surface area (TPSA) is 93.1 Å². The van der Waals surface area contributed by atoms with Gasteiger partial charge in [0.1, 0.15) is 0 Å². The van der Waals surface area contributed by atoms with Crippen molar-refractivity contribution in [1.29, 1.82) is 0 Å². The standard InChI is InChI=1S/C10H16O6/c1-2-3-8(12)16-9-5-6(11)4-7(15-9)10(13)14/h6-7,9,11H,2-5H2,1H3,(H,13,14). The molecule has 6 heteroatoms. The molecule has 1 heterocycles. The smallest absolute Gasteiger partial charge is 0.333 e. The summed E-state index contributed by atoms with van der Waals surface area (Å²) >= 11 is 0. The Bertz CT molecular complexity index is 264.